The Kier molecular flexibility index (Phi) is 4.18. The van der Waals surface area contributed by atoms with Crippen LogP contribution in [0.1, 0.15) is 43.2 Å². The van der Waals surface area contributed by atoms with E-state index < -0.39 is 11.6 Å². The van der Waals surface area contributed by atoms with Crippen LogP contribution in [0.5, 0.6) is 0 Å². The predicted octanol–water partition coefficient (Wildman–Crippen LogP) is 1.80. The summed E-state index contributed by atoms with van der Waals surface area (Å²) in [6, 6.07) is 3.60. The van der Waals surface area contributed by atoms with E-state index in [0.29, 0.717) is 30.7 Å². The van der Waals surface area contributed by atoms with Crippen molar-refractivity contribution >= 4 is 17.2 Å². The molecule has 0 saturated heterocycles. The van der Waals surface area contributed by atoms with Crippen LogP contribution in [0.2, 0.25) is 0 Å². The Labute approximate surface area is 123 Å². The van der Waals surface area contributed by atoms with Crippen molar-refractivity contribution < 1.29 is 14.6 Å². The third-order valence-electron chi connectivity index (χ3n) is 3.17. The number of nitrogens with zero attached hydrogens (tertiary/aromatic N) is 2. The van der Waals surface area contributed by atoms with E-state index in [2.05, 4.69) is 5.10 Å². The van der Waals surface area contributed by atoms with Gasteiger partial charge in [-0.25, -0.2) is 9.31 Å². The number of aryl methyl sites for hydroxylation is 1. The minimum Gasteiger partial charge on any atom is -0.462 e. The summed E-state index contributed by atoms with van der Waals surface area (Å²) >= 11 is 0. The maximum atomic E-state index is 11.8. The Hall–Kier alpha value is -2.08. The van der Waals surface area contributed by atoms with E-state index in [1.807, 2.05) is 6.07 Å². The average molecular weight is 291 g/mol. The number of hydrogen-bond donors (Lipinski definition) is 2. The summed E-state index contributed by atoms with van der Waals surface area (Å²) in [5, 5.41) is 14.2. The van der Waals surface area contributed by atoms with Crippen molar-refractivity contribution in [2.24, 2.45) is 0 Å². The number of aromatic nitrogens is 2. The van der Waals surface area contributed by atoms with Gasteiger partial charge in [-0.2, -0.15) is 5.10 Å². The van der Waals surface area contributed by atoms with E-state index in [9.17, 15) is 9.90 Å². The second kappa shape index (κ2) is 5.73. The topological polar surface area (TPSA) is 89.8 Å². The molecule has 0 saturated carbocycles. The zero-order valence-electron chi connectivity index (χ0n) is 12.6. The standard InChI is InChI=1S/C15H21N3O3/c1-4-21-14(19)12-9-18-11(8-13(12)16)7-10(17-18)5-6-15(2,3)20/h7-9,20H,4-6,16H2,1-3H3. The third kappa shape index (κ3) is 3.72. The zero-order chi connectivity index (χ0) is 15.6. The molecule has 0 fully saturated rings. The fourth-order valence-corrected chi connectivity index (χ4v) is 2.04. The second-order valence-electron chi connectivity index (χ2n) is 5.68. The highest BCUT2D eigenvalue weighted by Crippen LogP contribution is 2.19. The molecule has 3 N–H and O–H groups in total. The number of hydrogen-bond acceptors (Lipinski definition) is 5. The van der Waals surface area contributed by atoms with Gasteiger partial charge in [-0.3, -0.25) is 0 Å². The van der Waals surface area contributed by atoms with E-state index in [4.69, 9.17) is 10.5 Å². The summed E-state index contributed by atoms with van der Waals surface area (Å²) in [6.07, 6.45) is 2.84. The van der Waals surface area contributed by atoms with Gasteiger partial charge < -0.3 is 15.6 Å². The lowest BCUT2D eigenvalue weighted by Gasteiger charge is -2.15. The largest absolute Gasteiger partial charge is 0.462 e. The Morgan fingerprint density at radius 2 is 2.19 bits per heavy atom. The third-order valence-corrected chi connectivity index (χ3v) is 3.17. The average Bonchev–Trinajstić information content (AvgIpc) is 2.76. The number of aliphatic hydroxyl groups is 1. The number of esters is 1. The van der Waals surface area contributed by atoms with E-state index in [0.717, 1.165) is 11.2 Å². The molecule has 0 spiro atoms. The summed E-state index contributed by atoms with van der Waals surface area (Å²) in [6.45, 7) is 5.57. The molecule has 2 rings (SSSR count). The highest BCUT2D eigenvalue weighted by atomic mass is 16.5. The SMILES string of the molecule is CCOC(=O)c1cn2nc(CCC(C)(C)O)cc2cc1N. The number of rotatable bonds is 5. The number of nitrogens with two attached hydrogens (primary N) is 1. The minimum atomic E-state index is -0.731. The number of fused-ring (bicyclic) bond motifs is 1. The molecule has 0 unspecified atom stereocenters. The van der Waals surface area contributed by atoms with Gasteiger partial charge in [-0.05, 0) is 45.7 Å². The molecule has 0 aliphatic rings. The normalized spacial score (nSPS) is 11.8. The molecular formula is C15H21N3O3. The molecule has 0 radical (unpaired) electrons. The van der Waals surface area contributed by atoms with Gasteiger partial charge in [0.15, 0.2) is 0 Å². The molecule has 0 aliphatic heterocycles. The predicted molar refractivity (Wildman–Crippen MR) is 80.2 cm³/mol. The maximum absolute atomic E-state index is 11.8. The zero-order valence-corrected chi connectivity index (χ0v) is 12.6. The number of pyridine rings is 1. The molecule has 6 heteroatoms. The van der Waals surface area contributed by atoms with Gasteiger partial charge in [0.25, 0.3) is 0 Å². The smallest absolute Gasteiger partial charge is 0.341 e. The van der Waals surface area contributed by atoms with Crippen molar-refractivity contribution in [3.05, 3.63) is 29.6 Å². The Morgan fingerprint density at radius 3 is 2.81 bits per heavy atom. The molecule has 2 aromatic heterocycles. The Morgan fingerprint density at radius 1 is 1.48 bits per heavy atom. The van der Waals surface area contributed by atoms with Gasteiger partial charge in [0, 0.05) is 11.9 Å². The quantitative estimate of drug-likeness (QED) is 0.820. The van der Waals surface area contributed by atoms with Crippen LogP contribution < -0.4 is 5.73 Å². The second-order valence-corrected chi connectivity index (χ2v) is 5.68. The molecule has 0 aliphatic carbocycles. The first-order valence-electron chi connectivity index (χ1n) is 6.97. The van der Waals surface area contributed by atoms with Crippen LogP contribution in [0.25, 0.3) is 5.52 Å². The molecule has 2 heterocycles. The fourth-order valence-electron chi connectivity index (χ4n) is 2.04. The number of carbonyl (C=O) groups excluding carboxylic acids is 1. The summed E-state index contributed by atoms with van der Waals surface area (Å²) in [5.74, 6) is -0.453. The molecule has 21 heavy (non-hydrogen) atoms. The van der Waals surface area contributed by atoms with Gasteiger partial charge in [0.2, 0.25) is 0 Å². The monoisotopic (exact) mass is 291 g/mol. The first kappa shape index (κ1) is 15.3. The van der Waals surface area contributed by atoms with Crippen LogP contribution in [-0.4, -0.2) is 32.9 Å². The lowest BCUT2D eigenvalue weighted by atomic mass is 10.0. The maximum Gasteiger partial charge on any atom is 0.341 e. The number of carbonyl (C=O) groups is 1. The first-order chi connectivity index (χ1) is 9.80. The molecule has 2 aromatic rings. The van der Waals surface area contributed by atoms with Crippen molar-refractivity contribution in [1.82, 2.24) is 9.61 Å². The molecule has 6 nitrogen and oxygen atoms in total. The van der Waals surface area contributed by atoms with Gasteiger partial charge >= 0.3 is 5.97 Å². The van der Waals surface area contributed by atoms with E-state index in [1.54, 1.807) is 37.5 Å². The molecular weight excluding hydrogens is 270 g/mol. The van der Waals surface area contributed by atoms with Crippen molar-refractivity contribution in [2.75, 3.05) is 12.3 Å². The van der Waals surface area contributed by atoms with Crippen LogP contribution >= 0.6 is 0 Å². The highest BCUT2D eigenvalue weighted by Gasteiger charge is 2.16. The van der Waals surface area contributed by atoms with E-state index in [-0.39, 0.29) is 0 Å². The van der Waals surface area contributed by atoms with Gasteiger partial charge in [0.1, 0.15) is 5.56 Å². The van der Waals surface area contributed by atoms with Gasteiger partial charge in [0.05, 0.1) is 23.4 Å². The van der Waals surface area contributed by atoms with Crippen molar-refractivity contribution in [3.63, 3.8) is 0 Å². The summed E-state index contributed by atoms with van der Waals surface area (Å²) in [5.41, 5.74) is 7.49. The number of nitrogen functional groups attached to an aromatic ring is 1. The minimum absolute atomic E-state index is 0.298. The number of anilines is 1. The van der Waals surface area contributed by atoms with Gasteiger partial charge in [-0.1, -0.05) is 0 Å². The molecule has 0 amide bonds. The summed E-state index contributed by atoms with van der Waals surface area (Å²) in [4.78, 5) is 11.8. The lowest BCUT2D eigenvalue weighted by molar-refractivity contribution is 0.0526. The van der Waals surface area contributed by atoms with E-state index in [1.165, 1.54) is 0 Å². The molecule has 0 bridgehead atoms. The van der Waals surface area contributed by atoms with Crippen molar-refractivity contribution in [2.45, 2.75) is 39.2 Å². The van der Waals surface area contributed by atoms with E-state index >= 15 is 0 Å². The van der Waals surface area contributed by atoms with Crippen molar-refractivity contribution in [1.29, 1.82) is 0 Å². The van der Waals surface area contributed by atoms with Crippen LogP contribution in [0, 0.1) is 0 Å². The Balaban J connectivity index is 2.29. The van der Waals surface area contributed by atoms with Gasteiger partial charge in [-0.15, -0.1) is 0 Å². The first-order valence-corrected chi connectivity index (χ1v) is 6.97. The Bertz CT molecular complexity index is 656. The summed E-state index contributed by atoms with van der Waals surface area (Å²) in [7, 11) is 0. The van der Waals surface area contributed by atoms with Crippen LogP contribution in [0.3, 0.4) is 0 Å². The van der Waals surface area contributed by atoms with Crippen LogP contribution in [0.4, 0.5) is 5.69 Å². The fraction of sp³-hybridized carbons (Fsp3) is 0.467. The lowest BCUT2D eigenvalue weighted by Crippen LogP contribution is -2.19. The van der Waals surface area contributed by atoms with Crippen molar-refractivity contribution in [3.8, 4) is 0 Å². The van der Waals surface area contributed by atoms with Crippen LogP contribution in [-0.2, 0) is 11.2 Å². The molecule has 114 valence electrons. The summed E-state index contributed by atoms with van der Waals surface area (Å²) < 4.78 is 6.58. The number of ether oxygens (including phenoxy) is 1. The van der Waals surface area contributed by atoms with Crippen LogP contribution in [0.15, 0.2) is 18.3 Å². The molecule has 0 aromatic carbocycles. The highest BCUT2D eigenvalue weighted by molar-refractivity contribution is 5.95. The molecule has 0 atom stereocenters.